The van der Waals surface area contributed by atoms with Crippen molar-refractivity contribution >= 4 is 16.5 Å². The van der Waals surface area contributed by atoms with Gasteiger partial charge in [0.2, 0.25) is 12.5 Å². The largest absolute Gasteiger partial charge is 0.495 e. The van der Waals surface area contributed by atoms with Crippen molar-refractivity contribution < 1.29 is 18.8 Å². The predicted molar refractivity (Wildman–Crippen MR) is 171 cm³/mol. The number of fused-ring (bicyclic) bond motifs is 5. The zero-order valence-electron chi connectivity index (χ0n) is 25.7. The SMILES string of the molecule is CCCCCCCCNc1c(OC)ccc2c(Cc3ccc(C(C)C)cc3)c3[n+](cc12)CCc1cc2c(cc1-3)OCO2. The first-order valence-electron chi connectivity index (χ1n) is 15.9. The highest BCUT2D eigenvalue weighted by atomic mass is 16.7. The lowest BCUT2D eigenvalue weighted by Crippen LogP contribution is -2.41. The van der Waals surface area contributed by atoms with Gasteiger partial charge in [0.25, 0.3) is 0 Å². The average molecular weight is 566 g/mol. The number of benzene rings is 3. The summed E-state index contributed by atoms with van der Waals surface area (Å²) in [7, 11) is 1.78. The summed E-state index contributed by atoms with van der Waals surface area (Å²) in [6, 6.07) is 17.9. The number of nitrogens with zero attached hydrogens (tertiary/aromatic N) is 1. The van der Waals surface area contributed by atoms with E-state index < -0.39 is 0 Å². The number of anilines is 1. The lowest BCUT2D eigenvalue weighted by Gasteiger charge is -2.22. The molecule has 0 aliphatic carbocycles. The Morgan fingerprint density at radius 2 is 1.67 bits per heavy atom. The fourth-order valence-electron chi connectivity index (χ4n) is 6.54. The number of unbranched alkanes of at least 4 members (excludes halogenated alkanes) is 5. The van der Waals surface area contributed by atoms with Crippen LogP contribution in [0, 0.1) is 0 Å². The zero-order chi connectivity index (χ0) is 29.1. The zero-order valence-corrected chi connectivity index (χ0v) is 25.7. The molecule has 2 aliphatic rings. The molecule has 2 aliphatic heterocycles. The van der Waals surface area contributed by atoms with E-state index in [1.165, 1.54) is 76.4 Å². The van der Waals surface area contributed by atoms with Crippen molar-refractivity contribution in [1.82, 2.24) is 0 Å². The van der Waals surface area contributed by atoms with Gasteiger partial charge in [0, 0.05) is 30.3 Å². The van der Waals surface area contributed by atoms with E-state index in [4.69, 9.17) is 14.2 Å². The summed E-state index contributed by atoms with van der Waals surface area (Å²) < 4.78 is 19.9. The Labute approximate surface area is 250 Å². The number of aromatic nitrogens is 1. The van der Waals surface area contributed by atoms with Crippen LogP contribution in [0.2, 0.25) is 0 Å². The Morgan fingerprint density at radius 1 is 0.905 bits per heavy atom. The fourth-order valence-corrected chi connectivity index (χ4v) is 6.54. The molecule has 6 rings (SSSR count). The van der Waals surface area contributed by atoms with Crippen LogP contribution in [0.15, 0.2) is 54.7 Å². The Bertz CT molecular complexity index is 1560. The van der Waals surface area contributed by atoms with Crippen LogP contribution in [0.3, 0.4) is 0 Å². The summed E-state index contributed by atoms with van der Waals surface area (Å²) in [6.45, 7) is 8.93. The van der Waals surface area contributed by atoms with Gasteiger partial charge in [-0.15, -0.1) is 0 Å². The van der Waals surface area contributed by atoms with E-state index in [0.29, 0.717) is 12.7 Å². The van der Waals surface area contributed by atoms with E-state index in [1.807, 2.05) is 0 Å². The molecule has 5 nitrogen and oxygen atoms in total. The molecule has 1 aromatic heterocycles. The van der Waals surface area contributed by atoms with Gasteiger partial charge in [-0.3, -0.25) is 0 Å². The van der Waals surface area contributed by atoms with Crippen molar-refractivity contribution in [2.75, 3.05) is 25.8 Å². The van der Waals surface area contributed by atoms with E-state index in [2.05, 4.69) is 85.4 Å². The molecule has 0 atom stereocenters. The first kappa shape index (κ1) is 28.4. The fraction of sp³-hybridized carbons (Fsp3) is 0.432. The maximum absolute atomic E-state index is 5.91. The minimum atomic E-state index is 0.290. The maximum atomic E-state index is 5.91. The summed E-state index contributed by atoms with van der Waals surface area (Å²) >= 11 is 0. The van der Waals surface area contributed by atoms with E-state index in [0.717, 1.165) is 55.3 Å². The molecule has 0 saturated carbocycles. The van der Waals surface area contributed by atoms with Gasteiger partial charge in [-0.25, -0.2) is 0 Å². The van der Waals surface area contributed by atoms with Crippen LogP contribution in [0.5, 0.6) is 17.2 Å². The number of pyridine rings is 1. The van der Waals surface area contributed by atoms with Crippen LogP contribution in [-0.4, -0.2) is 20.4 Å². The summed E-state index contributed by atoms with van der Waals surface area (Å²) in [6.07, 6.45) is 11.8. The van der Waals surface area contributed by atoms with Gasteiger partial charge in [0.1, 0.15) is 5.75 Å². The van der Waals surface area contributed by atoms with Gasteiger partial charge in [0.15, 0.2) is 24.2 Å². The summed E-state index contributed by atoms with van der Waals surface area (Å²) in [4.78, 5) is 0. The molecule has 0 amide bonds. The summed E-state index contributed by atoms with van der Waals surface area (Å²) in [5.41, 5.74) is 8.99. The van der Waals surface area contributed by atoms with Gasteiger partial charge < -0.3 is 19.5 Å². The number of hydrogen-bond donors (Lipinski definition) is 1. The molecule has 42 heavy (non-hydrogen) atoms. The molecule has 1 N–H and O–H groups in total. The number of ether oxygens (including phenoxy) is 3. The van der Waals surface area contributed by atoms with E-state index in [-0.39, 0.29) is 0 Å². The van der Waals surface area contributed by atoms with Gasteiger partial charge in [-0.2, -0.15) is 4.57 Å². The predicted octanol–water partition coefficient (Wildman–Crippen LogP) is 8.57. The maximum Gasteiger partial charge on any atom is 0.231 e. The standard InChI is InChI=1S/C37H44N2O3/c1-5-6-7-8-9-10-18-38-36-32-23-39-19-17-28-21-34-35(42-24-41-34)22-30(28)37(39)31(29(32)15-16-33(36)40-4)20-26-11-13-27(14-12-26)25(2)3/h11-16,21-23,25H,5-10,17-20,24H2,1-4H3/p+1. The third kappa shape index (κ3) is 5.66. The van der Waals surface area contributed by atoms with Crippen LogP contribution >= 0.6 is 0 Å². The molecule has 3 heterocycles. The lowest BCUT2D eigenvalue weighted by molar-refractivity contribution is -0.686. The minimum Gasteiger partial charge on any atom is -0.495 e. The number of rotatable bonds is 12. The van der Waals surface area contributed by atoms with Crippen molar-refractivity contribution in [3.8, 4) is 28.5 Å². The first-order chi connectivity index (χ1) is 20.6. The third-order valence-electron chi connectivity index (χ3n) is 8.95. The second-order valence-electron chi connectivity index (χ2n) is 12.1. The first-order valence-corrected chi connectivity index (χ1v) is 15.9. The Hall–Kier alpha value is -3.73. The molecule has 4 aromatic rings. The van der Waals surface area contributed by atoms with E-state index in [1.54, 1.807) is 7.11 Å². The minimum absolute atomic E-state index is 0.290. The monoisotopic (exact) mass is 565 g/mol. The van der Waals surface area contributed by atoms with Gasteiger partial charge in [-0.05, 0) is 53.3 Å². The average Bonchev–Trinajstić information content (AvgIpc) is 3.47. The third-order valence-corrected chi connectivity index (χ3v) is 8.95. The van der Waals surface area contributed by atoms with Gasteiger partial charge in [-0.1, -0.05) is 77.1 Å². The molecule has 3 aromatic carbocycles. The molecule has 0 saturated heterocycles. The van der Waals surface area contributed by atoms with Gasteiger partial charge in [0.05, 0.1) is 23.7 Å². The van der Waals surface area contributed by atoms with Crippen LogP contribution in [0.25, 0.3) is 22.0 Å². The van der Waals surface area contributed by atoms with Crippen molar-refractivity contribution in [3.63, 3.8) is 0 Å². The van der Waals surface area contributed by atoms with Crippen molar-refractivity contribution in [1.29, 1.82) is 0 Å². The van der Waals surface area contributed by atoms with Gasteiger partial charge >= 0.3 is 0 Å². The highest BCUT2D eigenvalue weighted by Crippen LogP contribution is 2.43. The summed E-state index contributed by atoms with van der Waals surface area (Å²) in [5, 5.41) is 6.29. The van der Waals surface area contributed by atoms with Crippen LogP contribution in [-0.2, 0) is 19.4 Å². The number of aryl methyl sites for hydroxylation is 2. The molecule has 220 valence electrons. The topological polar surface area (TPSA) is 43.6 Å². The number of methoxy groups -OCH3 is 1. The molecule has 5 heteroatoms. The van der Waals surface area contributed by atoms with Crippen molar-refractivity contribution in [2.45, 2.75) is 84.6 Å². The smallest absolute Gasteiger partial charge is 0.231 e. The van der Waals surface area contributed by atoms with Crippen molar-refractivity contribution in [3.05, 3.63) is 77.0 Å². The number of hydrogen-bond acceptors (Lipinski definition) is 4. The second kappa shape index (κ2) is 12.6. The quantitative estimate of drug-likeness (QED) is 0.138. The van der Waals surface area contributed by atoms with E-state index in [9.17, 15) is 0 Å². The highest BCUT2D eigenvalue weighted by molar-refractivity contribution is 6.00. The molecular formula is C37H45N2O3+. The highest BCUT2D eigenvalue weighted by Gasteiger charge is 2.32. The number of nitrogens with one attached hydrogen (secondary N) is 1. The van der Waals surface area contributed by atoms with Crippen molar-refractivity contribution in [2.24, 2.45) is 0 Å². The molecule has 0 radical (unpaired) electrons. The Balaban J connectivity index is 1.44. The van der Waals surface area contributed by atoms with Crippen LogP contribution in [0.1, 0.15) is 87.5 Å². The molecular weight excluding hydrogens is 520 g/mol. The molecule has 0 bridgehead atoms. The normalized spacial score (nSPS) is 13.4. The lowest BCUT2D eigenvalue weighted by atomic mass is 9.88. The molecule has 0 unspecified atom stereocenters. The van der Waals surface area contributed by atoms with Crippen LogP contribution in [0.4, 0.5) is 5.69 Å². The van der Waals surface area contributed by atoms with Crippen LogP contribution < -0.4 is 24.1 Å². The van der Waals surface area contributed by atoms with E-state index >= 15 is 0 Å². The Morgan fingerprint density at radius 3 is 2.43 bits per heavy atom. The molecule has 0 fully saturated rings. The second-order valence-corrected chi connectivity index (χ2v) is 12.1. The molecule has 0 spiro atoms. The summed E-state index contributed by atoms with van der Waals surface area (Å²) in [5.74, 6) is 3.12. The Kier molecular flexibility index (Phi) is 8.55.